The number of rotatable bonds is 4. The molecule has 0 N–H and O–H groups in total. The van der Waals surface area contributed by atoms with E-state index < -0.39 is 0 Å². The van der Waals surface area contributed by atoms with E-state index in [9.17, 15) is 0 Å². The summed E-state index contributed by atoms with van der Waals surface area (Å²) in [6.07, 6.45) is 2.31. The third kappa shape index (κ3) is 3.40. The maximum Gasteiger partial charge on any atom is 0.0702 e. The van der Waals surface area contributed by atoms with Gasteiger partial charge in [0.2, 0.25) is 0 Å². The molecule has 1 nitrogen and oxygen atoms in total. The monoisotopic (exact) mass is 425 g/mol. The van der Waals surface area contributed by atoms with E-state index in [4.69, 9.17) is 0 Å². The van der Waals surface area contributed by atoms with E-state index in [0.29, 0.717) is 6.04 Å². The van der Waals surface area contributed by atoms with Gasteiger partial charge in [-0.05, 0) is 54.2 Å². The lowest BCUT2D eigenvalue weighted by Gasteiger charge is -2.36. The molecular weight excluding hydrogens is 402 g/mol. The second-order valence-corrected chi connectivity index (χ2v) is 9.17. The first-order valence-corrected chi connectivity index (χ1v) is 10.9. The highest BCUT2D eigenvalue weighted by atomic mass is 79.9. The van der Waals surface area contributed by atoms with E-state index in [1.54, 1.807) is 16.0 Å². The Morgan fingerprint density at radius 3 is 2.65 bits per heavy atom. The molecule has 134 valence electrons. The minimum Gasteiger partial charge on any atom is -0.287 e. The maximum atomic E-state index is 3.62. The summed E-state index contributed by atoms with van der Waals surface area (Å²) < 4.78 is 1.16. The summed E-state index contributed by atoms with van der Waals surface area (Å²) in [4.78, 5) is 5.71. The number of fused-ring (bicyclic) bond motifs is 1. The Kier molecular flexibility index (Phi) is 5.30. The van der Waals surface area contributed by atoms with Gasteiger partial charge in [0.25, 0.3) is 0 Å². The van der Waals surface area contributed by atoms with Crippen molar-refractivity contribution in [1.82, 2.24) is 4.90 Å². The van der Waals surface area contributed by atoms with E-state index in [1.165, 1.54) is 22.4 Å². The second kappa shape index (κ2) is 7.67. The van der Waals surface area contributed by atoms with Crippen molar-refractivity contribution >= 4 is 27.3 Å². The first kappa shape index (κ1) is 18.0. The van der Waals surface area contributed by atoms with Crippen molar-refractivity contribution in [2.75, 3.05) is 6.54 Å². The molecule has 1 aromatic heterocycles. The van der Waals surface area contributed by atoms with Gasteiger partial charge in [0, 0.05) is 27.3 Å². The fourth-order valence-corrected chi connectivity index (χ4v) is 6.11. The Morgan fingerprint density at radius 1 is 1.12 bits per heavy atom. The fourth-order valence-electron chi connectivity index (χ4n) is 4.19. The van der Waals surface area contributed by atoms with Crippen molar-refractivity contribution in [3.05, 3.63) is 91.1 Å². The molecule has 1 aliphatic heterocycles. The average Bonchev–Trinajstić information content (AvgIpc) is 2.97. The van der Waals surface area contributed by atoms with Crippen LogP contribution in [0.1, 0.15) is 45.0 Å². The predicted octanol–water partition coefficient (Wildman–Crippen LogP) is 6.53. The van der Waals surface area contributed by atoms with Crippen LogP contribution in [0.15, 0.2) is 59.1 Å². The zero-order valence-corrected chi connectivity index (χ0v) is 17.7. The quantitative estimate of drug-likeness (QED) is 0.459. The highest BCUT2D eigenvalue weighted by Gasteiger charge is 2.32. The molecule has 1 aliphatic rings. The molecule has 26 heavy (non-hydrogen) atoms. The van der Waals surface area contributed by atoms with Crippen molar-refractivity contribution in [3.8, 4) is 0 Å². The van der Waals surface area contributed by atoms with Crippen LogP contribution in [0.5, 0.6) is 0 Å². The normalized spacial score (nSPS) is 17.3. The van der Waals surface area contributed by atoms with E-state index in [-0.39, 0.29) is 0 Å². The van der Waals surface area contributed by atoms with Crippen LogP contribution in [0, 0.1) is 6.92 Å². The van der Waals surface area contributed by atoms with Crippen molar-refractivity contribution in [2.45, 2.75) is 39.3 Å². The molecule has 0 spiro atoms. The number of nitrogens with zero attached hydrogens (tertiary/aromatic N) is 1. The molecule has 0 aliphatic carbocycles. The molecule has 2 heterocycles. The first-order valence-electron chi connectivity index (χ1n) is 9.32. The van der Waals surface area contributed by atoms with E-state index in [2.05, 4.69) is 89.3 Å². The Hall–Kier alpha value is -1.42. The molecule has 0 fully saturated rings. The Labute approximate surface area is 168 Å². The third-order valence-electron chi connectivity index (χ3n) is 5.36. The summed E-state index contributed by atoms with van der Waals surface area (Å²) in [5.41, 5.74) is 5.99. The molecule has 3 heteroatoms. The highest BCUT2D eigenvalue weighted by Crippen LogP contribution is 2.43. The Bertz CT molecular complexity index is 900. The zero-order chi connectivity index (χ0) is 18.1. The Morgan fingerprint density at radius 2 is 1.92 bits per heavy atom. The van der Waals surface area contributed by atoms with Crippen LogP contribution in [0.2, 0.25) is 0 Å². The first-order chi connectivity index (χ1) is 12.7. The van der Waals surface area contributed by atoms with Crippen molar-refractivity contribution < 1.29 is 0 Å². The summed E-state index contributed by atoms with van der Waals surface area (Å²) in [5, 5.41) is 0. The smallest absolute Gasteiger partial charge is 0.0702 e. The summed E-state index contributed by atoms with van der Waals surface area (Å²) in [6, 6.07) is 20.1. The average molecular weight is 426 g/mol. The Balaban J connectivity index is 1.76. The fraction of sp³-hybridized carbons (Fsp3) is 0.304. The molecule has 4 rings (SSSR count). The van der Waals surface area contributed by atoms with Crippen LogP contribution in [0.25, 0.3) is 0 Å². The minimum atomic E-state index is 0.364. The van der Waals surface area contributed by atoms with Crippen LogP contribution in [-0.2, 0) is 19.4 Å². The summed E-state index contributed by atoms with van der Waals surface area (Å²) in [5.74, 6) is 0. The predicted molar refractivity (Wildman–Crippen MR) is 115 cm³/mol. The van der Waals surface area contributed by atoms with Crippen LogP contribution in [-0.4, -0.2) is 11.4 Å². The van der Waals surface area contributed by atoms with Gasteiger partial charge in [-0.25, -0.2) is 0 Å². The van der Waals surface area contributed by atoms with E-state index >= 15 is 0 Å². The number of aryl methyl sites for hydroxylation is 1. The van der Waals surface area contributed by atoms with Gasteiger partial charge in [-0.2, -0.15) is 0 Å². The molecule has 1 atom stereocenters. The molecule has 0 saturated heterocycles. The molecule has 2 aromatic carbocycles. The SMILES string of the molecule is CCc1c(C)sc2c1CCN(Cc1cccc(Br)c1)C2c1ccccc1. The van der Waals surface area contributed by atoms with Crippen molar-refractivity contribution in [3.63, 3.8) is 0 Å². The highest BCUT2D eigenvalue weighted by molar-refractivity contribution is 9.10. The van der Waals surface area contributed by atoms with Crippen LogP contribution >= 0.6 is 27.3 Å². The van der Waals surface area contributed by atoms with Gasteiger partial charge in [0.1, 0.15) is 0 Å². The van der Waals surface area contributed by atoms with Crippen LogP contribution < -0.4 is 0 Å². The molecule has 0 saturated carbocycles. The van der Waals surface area contributed by atoms with Gasteiger partial charge >= 0.3 is 0 Å². The van der Waals surface area contributed by atoms with Gasteiger partial charge in [-0.1, -0.05) is 65.3 Å². The van der Waals surface area contributed by atoms with Gasteiger partial charge in [-0.3, -0.25) is 4.90 Å². The van der Waals surface area contributed by atoms with Gasteiger partial charge in [0.15, 0.2) is 0 Å². The van der Waals surface area contributed by atoms with Crippen molar-refractivity contribution in [1.29, 1.82) is 0 Å². The molecular formula is C23H24BrNS. The topological polar surface area (TPSA) is 3.24 Å². The minimum absolute atomic E-state index is 0.364. The lowest BCUT2D eigenvalue weighted by Crippen LogP contribution is -2.35. The van der Waals surface area contributed by atoms with Crippen molar-refractivity contribution in [2.24, 2.45) is 0 Å². The summed E-state index contributed by atoms with van der Waals surface area (Å²) in [6.45, 7) is 6.68. The van der Waals surface area contributed by atoms with E-state index in [0.717, 1.165) is 24.0 Å². The van der Waals surface area contributed by atoms with Crippen LogP contribution in [0.3, 0.4) is 0 Å². The van der Waals surface area contributed by atoms with E-state index in [1.807, 2.05) is 11.3 Å². The third-order valence-corrected chi connectivity index (χ3v) is 7.09. The number of hydrogen-bond donors (Lipinski definition) is 0. The largest absolute Gasteiger partial charge is 0.287 e. The van der Waals surface area contributed by atoms with Gasteiger partial charge in [0.05, 0.1) is 6.04 Å². The summed E-state index contributed by atoms with van der Waals surface area (Å²) in [7, 11) is 0. The lowest BCUT2D eigenvalue weighted by molar-refractivity contribution is 0.207. The van der Waals surface area contributed by atoms with Crippen LogP contribution in [0.4, 0.5) is 0 Å². The van der Waals surface area contributed by atoms with Gasteiger partial charge < -0.3 is 0 Å². The molecule has 3 aromatic rings. The number of thiophene rings is 1. The second-order valence-electron chi connectivity index (χ2n) is 7.00. The van der Waals surface area contributed by atoms with Gasteiger partial charge in [-0.15, -0.1) is 11.3 Å². The molecule has 0 amide bonds. The zero-order valence-electron chi connectivity index (χ0n) is 15.3. The molecule has 0 radical (unpaired) electrons. The summed E-state index contributed by atoms with van der Waals surface area (Å²) >= 11 is 5.63. The number of benzene rings is 2. The molecule has 0 bridgehead atoms. The number of hydrogen-bond acceptors (Lipinski definition) is 2. The number of halogens is 1. The molecule has 1 unspecified atom stereocenters. The standard InChI is InChI=1S/C23H24BrNS/c1-3-20-16(2)26-23-21(20)12-13-25(15-17-8-7-11-19(24)14-17)22(23)18-9-5-4-6-10-18/h4-11,14,22H,3,12-13,15H2,1-2H3. The maximum absolute atomic E-state index is 3.62. The lowest BCUT2D eigenvalue weighted by atomic mass is 9.91.